The lowest BCUT2D eigenvalue weighted by atomic mass is 9.87. The maximum atomic E-state index is 6.25. The van der Waals surface area contributed by atoms with Crippen LogP contribution in [-0.4, -0.2) is 48.1 Å². The van der Waals surface area contributed by atoms with Crippen LogP contribution in [-0.2, 0) is 0 Å². The Balaban J connectivity index is 1.64. The molecular formula is C16H28N4S. The van der Waals surface area contributed by atoms with Gasteiger partial charge in [0.15, 0.2) is 5.13 Å². The minimum atomic E-state index is 0.264. The van der Waals surface area contributed by atoms with Crippen LogP contribution in [0.5, 0.6) is 0 Å². The van der Waals surface area contributed by atoms with Gasteiger partial charge < -0.3 is 10.6 Å². The predicted molar refractivity (Wildman–Crippen MR) is 89.9 cm³/mol. The van der Waals surface area contributed by atoms with Gasteiger partial charge >= 0.3 is 0 Å². The average molecular weight is 308 g/mol. The molecule has 2 fully saturated rings. The van der Waals surface area contributed by atoms with E-state index in [-0.39, 0.29) is 5.54 Å². The van der Waals surface area contributed by atoms with E-state index in [0.717, 1.165) is 38.6 Å². The first-order chi connectivity index (χ1) is 10.2. The summed E-state index contributed by atoms with van der Waals surface area (Å²) >= 11 is 1.75. The van der Waals surface area contributed by atoms with Crippen molar-refractivity contribution in [3.05, 3.63) is 11.6 Å². The van der Waals surface area contributed by atoms with E-state index in [1.165, 1.54) is 37.2 Å². The van der Waals surface area contributed by atoms with Crippen molar-refractivity contribution in [2.45, 2.75) is 44.6 Å². The molecule has 1 saturated carbocycles. The average Bonchev–Trinajstić information content (AvgIpc) is 2.98. The van der Waals surface area contributed by atoms with E-state index in [4.69, 9.17) is 5.73 Å². The highest BCUT2D eigenvalue weighted by atomic mass is 32.1. The molecule has 21 heavy (non-hydrogen) atoms. The SMILES string of the molecule is CC1CCCC(CN)(N2CCN(c3nccs3)CC2)CC1. The third kappa shape index (κ3) is 3.25. The van der Waals surface area contributed by atoms with Crippen LogP contribution in [0, 0.1) is 5.92 Å². The predicted octanol–water partition coefficient (Wildman–Crippen LogP) is 2.56. The molecule has 3 rings (SSSR count). The van der Waals surface area contributed by atoms with Crippen molar-refractivity contribution < 1.29 is 0 Å². The number of hydrogen-bond donors (Lipinski definition) is 1. The number of piperazine rings is 1. The smallest absolute Gasteiger partial charge is 0.185 e. The molecule has 1 aliphatic heterocycles. The quantitative estimate of drug-likeness (QED) is 0.872. The van der Waals surface area contributed by atoms with Crippen molar-refractivity contribution in [3.8, 4) is 0 Å². The molecule has 1 aromatic heterocycles. The normalized spacial score (nSPS) is 32.1. The van der Waals surface area contributed by atoms with Crippen LogP contribution >= 0.6 is 11.3 Å². The van der Waals surface area contributed by atoms with Crippen LogP contribution in [0.15, 0.2) is 11.6 Å². The number of thiazole rings is 1. The van der Waals surface area contributed by atoms with Gasteiger partial charge in [0, 0.05) is 49.8 Å². The fraction of sp³-hybridized carbons (Fsp3) is 0.812. The van der Waals surface area contributed by atoms with Crippen molar-refractivity contribution in [3.63, 3.8) is 0 Å². The second-order valence-corrected chi connectivity index (χ2v) is 7.63. The third-order valence-corrected chi connectivity index (χ3v) is 6.29. The van der Waals surface area contributed by atoms with Gasteiger partial charge in [-0.1, -0.05) is 19.8 Å². The van der Waals surface area contributed by atoms with Crippen molar-refractivity contribution >= 4 is 16.5 Å². The van der Waals surface area contributed by atoms with Crippen LogP contribution in [0.25, 0.3) is 0 Å². The summed E-state index contributed by atoms with van der Waals surface area (Å²) < 4.78 is 0. The minimum absolute atomic E-state index is 0.264. The molecule has 0 aromatic carbocycles. The van der Waals surface area contributed by atoms with Crippen LogP contribution < -0.4 is 10.6 Å². The monoisotopic (exact) mass is 308 g/mol. The van der Waals surface area contributed by atoms with Gasteiger partial charge in [0.2, 0.25) is 0 Å². The summed E-state index contributed by atoms with van der Waals surface area (Å²) in [5, 5.41) is 3.24. The molecule has 118 valence electrons. The second kappa shape index (κ2) is 6.63. The maximum absolute atomic E-state index is 6.25. The van der Waals surface area contributed by atoms with Crippen LogP contribution in [0.4, 0.5) is 5.13 Å². The molecule has 4 nitrogen and oxygen atoms in total. The molecule has 0 bridgehead atoms. The molecule has 2 aliphatic rings. The first kappa shape index (κ1) is 15.3. The lowest BCUT2D eigenvalue weighted by Gasteiger charge is -2.47. The van der Waals surface area contributed by atoms with Gasteiger partial charge in [-0.25, -0.2) is 4.98 Å². The van der Waals surface area contributed by atoms with E-state index in [1.807, 2.05) is 6.20 Å². The molecule has 2 unspecified atom stereocenters. The number of aromatic nitrogens is 1. The van der Waals surface area contributed by atoms with Crippen molar-refractivity contribution in [1.82, 2.24) is 9.88 Å². The van der Waals surface area contributed by atoms with E-state index in [1.54, 1.807) is 11.3 Å². The van der Waals surface area contributed by atoms with E-state index in [0.29, 0.717) is 0 Å². The van der Waals surface area contributed by atoms with Gasteiger partial charge in [-0.05, 0) is 25.2 Å². The van der Waals surface area contributed by atoms with Crippen LogP contribution in [0.3, 0.4) is 0 Å². The lowest BCUT2D eigenvalue weighted by molar-refractivity contribution is 0.0710. The summed E-state index contributed by atoms with van der Waals surface area (Å²) in [6.07, 6.45) is 8.52. The van der Waals surface area contributed by atoms with E-state index in [2.05, 4.69) is 27.1 Å². The molecular weight excluding hydrogens is 280 g/mol. The Morgan fingerprint density at radius 3 is 2.76 bits per heavy atom. The van der Waals surface area contributed by atoms with Crippen molar-refractivity contribution in [2.75, 3.05) is 37.6 Å². The maximum Gasteiger partial charge on any atom is 0.185 e. The molecule has 5 heteroatoms. The Kier molecular flexibility index (Phi) is 4.82. The first-order valence-electron chi connectivity index (χ1n) is 8.33. The Morgan fingerprint density at radius 2 is 2.10 bits per heavy atom. The summed E-state index contributed by atoms with van der Waals surface area (Å²) in [6, 6.07) is 0. The molecule has 1 saturated heterocycles. The topological polar surface area (TPSA) is 45.4 Å². The van der Waals surface area contributed by atoms with Gasteiger partial charge in [-0.2, -0.15) is 0 Å². The fourth-order valence-corrected chi connectivity index (χ4v) is 4.65. The van der Waals surface area contributed by atoms with Crippen molar-refractivity contribution in [1.29, 1.82) is 0 Å². The zero-order valence-corrected chi connectivity index (χ0v) is 13.9. The lowest BCUT2D eigenvalue weighted by Crippen LogP contribution is -2.60. The molecule has 2 atom stereocenters. The van der Waals surface area contributed by atoms with Gasteiger partial charge in [0.05, 0.1) is 0 Å². The Labute approximate surface area is 132 Å². The van der Waals surface area contributed by atoms with E-state index in [9.17, 15) is 0 Å². The number of rotatable bonds is 3. The number of hydrogen-bond acceptors (Lipinski definition) is 5. The van der Waals surface area contributed by atoms with E-state index < -0.39 is 0 Å². The molecule has 0 amide bonds. The number of anilines is 1. The molecule has 0 spiro atoms. The molecule has 1 aliphatic carbocycles. The van der Waals surface area contributed by atoms with Gasteiger partial charge in [0.1, 0.15) is 0 Å². The summed E-state index contributed by atoms with van der Waals surface area (Å²) in [7, 11) is 0. The fourth-order valence-electron chi connectivity index (χ4n) is 3.96. The first-order valence-corrected chi connectivity index (χ1v) is 9.21. The Morgan fingerprint density at radius 1 is 1.29 bits per heavy atom. The van der Waals surface area contributed by atoms with Crippen LogP contribution in [0.1, 0.15) is 39.0 Å². The summed E-state index contributed by atoms with van der Waals surface area (Å²) in [5.41, 5.74) is 6.51. The molecule has 1 aromatic rings. The second-order valence-electron chi connectivity index (χ2n) is 6.75. The van der Waals surface area contributed by atoms with Crippen molar-refractivity contribution in [2.24, 2.45) is 11.7 Å². The summed E-state index contributed by atoms with van der Waals surface area (Å²) in [4.78, 5) is 9.55. The highest BCUT2D eigenvalue weighted by Gasteiger charge is 2.38. The zero-order valence-electron chi connectivity index (χ0n) is 13.1. The number of nitrogens with two attached hydrogens (primary N) is 1. The zero-order chi connectivity index (χ0) is 14.7. The third-order valence-electron chi connectivity index (χ3n) is 5.46. The molecule has 2 N–H and O–H groups in total. The summed E-state index contributed by atoms with van der Waals surface area (Å²) in [5.74, 6) is 0.870. The van der Waals surface area contributed by atoms with Gasteiger partial charge in [-0.15, -0.1) is 11.3 Å². The highest BCUT2D eigenvalue weighted by molar-refractivity contribution is 7.13. The highest BCUT2D eigenvalue weighted by Crippen LogP contribution is 2.35. The van der Waals surface area contributed by atoms with Crippen LogP contribution in [0.2, 0.25) is 0 Å². The minimum Gasteiger partial charge on any atom is -0.346 e. The summed E-state index contributed by atoms with van der Waals surface area (Å²) in [6.45, 7) is 7.65. The largest absolute Gasteiger partial charge is 0.346 e. The molecule has 0 radical (unpaired) electrons. The Hall–Kier alpha value is -0.650. The van der Waals surface area contributed by atoms with Gasteiger partial charge in [0.25, 0.3) is 0 Å². The van der Waals surface area contributed by atoms with Gasteiger partial charge in [-0.3, -0.25) is 4.90 Å². The standard InChI is InChI=1S/C16H28N4S/c1-14-3-2-5-16(13-17,6-4-14)20-10-8-19(9-11-20)15-18-7-12-21-15/h7,12,14H,2-6,8-11,13,17H2,1H3. The Bertz CT molecular complexity index is 427. The van der Waals surface area contributed by atoms with E-state index >= 15 is 0 Å². The molecule has 2 heterocycles. The number of nitrogens with zero attached hydrogens (tertiary/aromatic N) is 3.